The van der Waals surface area contributed by atoms with Crippen molar-refractivity contribution in [3.63, 3.8) is 0 Å². The van der Waals surface area contributed by atoms with Gasteiger partial charge < -0.3 is 15.2 Å². The number of allylic oxidation sites excluding steroid dienone is 2. The molecule has 3 rings (SSSR count). The maximum Gasteiger partial charge on any atom is 0.341 e. The summed E-state index contributed by atoms with van der Waals surface area (Å²) in [7, 11) is 0. The molecular formula is C21H20ClNO5S. The van der Waals surface area contributed by atoms with E-state index in [2.05, 4.69) is 5.32 Å². The molecular weight excluding hydrogens is 414 g/mol. The summed E-state index contributed by atoms with van der Waals surface area (Å²) >= 11 is 7.47. The average Bonchev–Trinajstić information content (AvgIpc) is 3.11. The number of rotatable bonds is 6. The first-order chi connectivity index (χ1) is 13.9. The minimum absolute atomic E-state index is 0.179. The number of carbonyl (C=O) groups is 3. The average molecular weight is 434 g/mol. The molecule has 2 atom stereocenters. The molecule has 152 valence electrons. The highest BCUT2D eigenvalue weighted by molar-refractivity contribution is 7.15. The molecule has 1 aromatic heterocycles. The molecule has 1 aliphatic carbocycles. The van der Waals surface area contributed by atoms with E-state index in [1.165, 1.54) is 11.3 Å². The number of hydrogen-bond donors (Lipinski definition) is 2. The Morgan fingerprint density at radius 2 is 1.86 bits per heavy atom. The molecule has 29 heavy (non-hydrogen) atoms. The summed E-state index contributed by atoms with van der Waals surface area (Å²) in [6.45, 7) is 1.88. The van der Waals surface area contributed by atoms with Crippen LogP contribution in [0.25, 0.3) is 11.1 Å². The van der Waals surface area contributed by atoms with Crippen molar-refractivity contribution < 1.29 is 24.2 Å². The molecule has 0 bridgehead atoms. The van der Waals surface area contributed by atoms with Gasteiger partial charge >= 0.3 is 11.9 Å². The number of anilines is 1. The number of carbonyl (C=O) groups excluding carboxylic acids is 2. The van der Waals surface area contributed by atoms with E-state index in [4.69, 9.17) is 16.3 Å². The van der Waals surface area contributed by atoms with Crippen molar-refractivity contribution in [1.82, 2.24) is 0 Å². The molecule has 6 nitrogen and oxygen atoms in total. The molecule has 0 aliphatic heterocycles. The molecule has 1 amide bonds. The first-order valence-corrected chi connectivity index (χ1v) is 10.4. The summed E-state index contributed by atoms with van der Waals surface area (Å²) in [4.78, 5) is 37.0. The Hall–Kier alpha value is -2.64. The standard InChI is InChI=1S/C21H20ClNO5S/c1-2-28-21(27)17-15(12-7-5-6-10-16(12)22)11-29-19(17)23-18(24)13-8-3-4-9-14(13)20(25)26/h3-7,10-11,13-14H,2,8-9H2,1H3,(H,23,24)(H,25,26)/t13-,14-/m1/s1. The first-order valence-electron chi connectivity index (χ1n) is 9.16. The van der Waals surface area contributed by atoms with Crippen LogP contribution in [0.3, 0.4) is 0 Å². The fourth-order valence-corrected chi connectivity index (χ4v) is 4.50. The Morgan fingerprint density at radius 1 is 1.17 bits per heavy atom. The van der Waals surface area contributed by atoms with Gasteiger partial charge in [-0.1, -0.05) is 42.0 Å². The summed E-state index contributed by atoms with van der Waals surface area (Å²) in [5, 5.41) is 14.7. The van der Waals surface area contributed by atoms with E-state index in [1.54, 1.807) is 48.7 Å². The first kappa shape index (κ1) is 21.1. The number of hydrogen-bond acceptors (Lipinski definition) is 5. The van der Waals surface area contributed by atoms with Crippen LogP contribution < -0.4 is 5.32 Å². The van der Waals surface area contributed by atoms with Gasteiger partial charge in [0.05, 0.1) is 18.4 Å². The number of carboxylic acids is 1. The van der Waals surface area contributed by atoms with Crippen molar-refractivity contribution in [3.05, 3.63) is 52.4 Å². The number of ether oxygens (including phenoxy) is 1. The quantitative estimate of drug-likeness (QED) is 0.501. The number of aliphatic carboxylic acids is 1. The molecule has 2 aromatic rings. The number of esters is 1. The van der Waals surface area contributed by atoms with E-state index in [-0.39, 0.29) is 12.2 Å². The SMILES string of the molecule is CCOC(=O)c1c(-c2ccccc2Cl)csc1NC(=O)[C@@H]1CC=CC[C@H]1C(=O)O. The van der Waals surface area contributed by atoms with Crippen LogP contribution in [0.2, 0.25) is 5.02 Å². The Bertz CT molecular complexity index is 968. The molecule has 0 spiro atoms. The van der Waals surface area contributed by atoms with E-state index in [1.807, 2.05) is 0 Å². The van der Waals surface area contributed by atoms with Crippen LogP contribution in [0, 0.1) is 11.8 Å². The van der Waals surface area contributed by atoms with Crippen LogP contribution in [0.15, 0.2) is 41.8 Å². The summed E-state index contributed by atoms with van der Waals surface area (Å²) in [6, 6.07) is 7.09. The minimum Gasteiger partial charge on any atom is -0.481 e. The molecule has 0 radical (unpaired) electrons. The Balaban J connectivity index is 1.96. The maximum atomic E-state index is 12.8. The van der Waals surface area contributed by atoms with E-state index >= 15 is 0 Å². The topological polar surface area (TPSA) is 92.7 Å². The van der Waals surface area contributed by atoms with Gasteiger partial charge in [-0.3, -0.25) is 9.59 Å². The number of nitrogens with one attached hydrogen (secondary N) is 1. The van der Waals surface area contributed by atoms with Gasteiger partial charge in [0, 0.05) is 21.5 Å². The number of carboxylic acid groups (broad SMARTS) is 1. The lowest BCUT2D eigenvalue weighted by Crippen LogP contribution is -2.34. The predicted molar refractivity (Wildman–Crippen MR) is 112 cm³/mol. The zero-order valence-corrected chi connectivity index (χ0v) is 17.3. The molecule has 2 N–H and O–H groups in total. The van der Waals surface area contributed by atoms with Gasteiger partial charge in [-0.15, -0.1) is 11.3 Å². The van der Waals surface area contributed by atoms with Crippen LogP contribution in [0.1, 0.15) is 30.1 Å². The summed E-state index contributed by atoms with van der Waals surface area (Å²) < 4.78 is 5.18. The van der Waals surface area contributed by atoms with Crippen molar-refractivity contribution in [2.75, 3.05) is 11.9 Å². The maximum absolute atomic E-state index is 12.8. The van der Waals surface area contributed by atoms with Gasteiger partial charge in [0.15, 0.2) is 0 Å². The van der Waals surface area contributed by atoms with E-state index in [0.717, 1.165) is 0 Å². The monoisotopic (exact) mass is 433 g/mol. The molecule has 1 aromatic carbocycles. The van der Waals surface area contributed by atoms with Gasteiger partial charge in [0.2, 0.25) is 5.91 Å². The molecule has 0 unspecified atom stereocenters. The van der Waals surface area contributed by atoms with Gasteiger partial charge in [0.1, 0.15) is 10.6 Å². The number of thiophene rings is 1. The number of halogens is 1. The van der Waals surface area contributed by atoms with Gasteiger partial charge in [-0.05, 0) is 25.8 Å². The van der Waals surface area contributed by atoms with Crippen LogP contribution in [-0.4, -0.2) is 29.6 Å². The highest BCUT2D eigenvalue weighted by Gasteiger charge is 2.35. The number of benzene rings is 1. The third-order valence-corrected chi connectivity index (χ3v) is 5.98. The van der Waals surface area contributed by atoms with E-state index in [0.29, 0.717) is 34.0 Å². The highest BCUT2D eigenvalue weighted by atomic mass is 35.5. The Labute approximate surface area is 177 Å². The molecule has 8 heteroatoms. The van der Waals surface area contributed by atoms with Gasteiger partial charge in [-0.2, -0.15) is 0 Å². The second kappa shape index (κ2) is 9.24. The largest absolute Gasteiger partial charge is 0.481 e. The van der Waals surface area contributed by atoms with Crippen molar-refractivity contribution in [2.45, 2.75) is 19.8 Å². The van der Waals surface area contributed by atoms with Crippen LogP contribution in [0.5, 0.6) is 0 Å². The van der Waals surface area contributed by atoms with Crippen molar-refractivity contribution in [2.24, 2.45) is 11.8 Å². The highest BCUT2D eigenvalue weighted by Crippen LogP contribution is 2.39. The summed E-state index contributed by atoms with van der Waals surface area (Å²) in [5.41, 5.74) is 1.43. The molecule has 0 saturated carbocycles. The molecule has 0 saturated heterocycles. The second-order valence-electron chi connectivity index (χ2n) is 6.54. The van der Waals surface area contributed by atoms with Crippen LogP contribution in [0.4, 0.5) is 5.00 Å². The zero-order chi connectivity index (χ0) is 21.0. The second-order valence-corrected chi connectivity index (χ2v) is 7.82. The van der Waals surface area contributed by atoms with Crippen molar-refractivity contribution >= 4 is 45.8 Å². The third kappa shape index (κ3) is 4.52. The summed E-state index contributed by atoms with van der Waals surface area (Å²) in [5.74, 6) is -3.52. The lowest BCUT2D eigenvalue weighted by Gasteiger charge is -2.24. The Morgan fingerprint density at radius 3 is 2.52 bits per heavy atom. The lowest BCUT2D eigenvalue weighted by atomic mass is 9.82. The van der Waals surface area contributed by atoms with E-state index < -0.39 is 29.7 Å². The van der Waals surface area contributed by atoms with Crippen molar-refractivity contribution in [1.29, 1.82) is 0 Å². The fourth-order valence-electron chi connectivity index (χ4n) is 3.32. The smallest absolute Gasteiger partial charge is 0.341 e. The Kier molecular flexibility index (Phi) is 6.71. The van der Waals surface area contributed by atoms with Crippen LogP contribution >= 0.6 is 22.9 Å². The minimum atomic E-state index is -1.01. The van der Waals surface area contributed by atoms with Crippen molar-refractivity contribution in [3.8, 4) is 11.1 Å². The number of amides is 1. The predicted octanol–water partition coefficient (Wildman–Crippen LogP) is 4.85. The van der Waals surface area contributed by atoms with Gasteiger partial charge in [0.25, 0.3) is 0 Å². The summed E-state index contributed by atoms with van der Waals surface area (Å²) in [6.07, 6.45) is 4.21. The van der Waals surface area contributed by atoms with Gasteiger partial charge in [-0.25, -0.2) is 4.79 Å². The van der Waals surface area contributed by atoms with E-state index in [9.17, 15) is 19.5 Å². The zero-order valence-electron chi connectivity index (χ0n) is 15.7. The normalized spacial score (nSPS) is 18.3. The third-order valence-electron chi connectivity index (χ3n) is 4.76. The lowest BCUT2D eigenvalue weighted by molar-refractivity contribution is -0.146. The van der Waals surface area contributed by atoms with Crippen LogP contribution in [-0.2, 0) is 14.3 Å². The fraction of sp³-hybridized carbons (Fsp3) is 0.286. The molecule has 1 heterocycles. The molecule has 1 aliphatic rings. The molecule has 0 fully saturated rings.